The molecule has 1 unspecified atom stereocenters. The predicted molar refractivity (Wildman–Crippen MR) is 66.9 cm³/mol. The molecule has 1 atom stereocenters. The first kappa shape index (κ1) is 11.4. The Labute approximate surface area is 97.4 Å². The van der Waals surface area contributed by atoms with Crippen LogP contribution < -0.4 is 10.2 Å². The fraction of sp³-hybridized carbons (Fsp3) is 0.538. The Balaban J connectivity index is 2.06. The third kappa shape index (κ3) is 2.54. The zero-order valence-corrected chi connectivity index (χ0v) is 10.1. The van der Waals surface area contributed by atoms with Gasteiger partial charge >= 0.3 is 0 Å². The Morgan fingerprint density at radius 2 is 1.81 bits per heavy atom. The topological polar surface area (TPSA) is 24.5 Å². The molecule has 1 aliphatic heterocycles. The first-order chi connectivity index (χ1) is 7.81. The maximum atomic E-state index is 5.35. The van der Waals surface area contributed by atoms with Gasteiger partial charge in [0.15, 0.2) is 0 Å². The Kier molecular flexibility index (Phi) is 3.80. The third-order valence-corrected chi connectivity index (χ3v) is 3.20. The van der Waals surface area contributed by atoms with E-state index in [9.17, 15) is 0 Å². The van der Waals surface area contributed by atoms with Crippen molar-refractivity contribution in [2.45, 2.75) is 13.0 Å². The fourth-order valence-electron chi connectivity index (χ4n) is 1.96. The smallest absolute Gasteiger partial charge is 0.0642 e. The summed E-state index contributed by atoms with van der Waals surface area (Å²) in [6.07, 6.45) is 0. The maximum Gasteiger partial charge on any atom is 0.0642 e. The average molecular weight is 220 g/mol. The van der Waals surface area contributed by atoms with Gasteiger partial charge in [0, 0.05) is 24.8 Å². The lowest BCUT2D eigenvalue weighted by molar-refractivity contribution is 0.122. The van der Waals surface area contributed by atoms with Crippen LogP contribution in [0.1, 0.15) is 18.5 Å². The molecule has 16 heavy (non-hydrogen) atoms. The quantitative estimate of drug-likeness (QED) is 0.840. The summed E-state index contributed by atoms with van der Waals surface area (Å²) in [5.74, 6) is 0. The van der Waals surface area contributed by atoms with Gasteiger partial charge in [-0.1, -0.05) is 12.1 Å². The molecule has 1 heterocycles. The molecule has 3 heteroatoms. The Bertz CT molecular complexity index is 317. The molecule has 1 aromatic carbocycles. The van der Waals surface area contributed by atoms with E-state index >= 15 is 0 Å². The first-order valence-electron chi connectivity index (χ1n) is 5.91. The first-order valence-corrected chi connectivity index (χ1v) is 5.91. The van der Waals surface area contributed by atoms with Crippen LogP contribution in [-0.4, -0.2) is 33.4 Å². The van der Waals surface area contributed by atoms with Gasteiger partial charge in [0.2, 0.25) is 0 Å². The van der Waals surface area contributed by atoms with E-state index in [4.69, 9.17) is 4.74 Å². The number of morpholine rings is 1. The molecular weight excluding hydrogens is 200 g/mol. The molecule has 2 rings (SSSR count). The van der Waals surface area contributed by atoms with Crippen LogP contribution in [0.25, 0.3) is 0 Å². The van der Waals surface area contributed by atoms with E-state index in [-0.39, 0.29) is 0 Å². The van der Waals surface area contributed by atoms with Gasteiger partial charge in [-0.15, -0.1) is 0 Å². The van der Waals surface area contributed by atoms with E-state index in [0.29, 0.717) is 6.04 Å². The van der Waals surface area contributed by atoms with Crippen LogP contribution in [-0.2, 0) is 4.74 Å². The molecule has 0 aliphatic carbocycles. The summed E-state index contributed by atoms with van der Waals surface area (Å²) in [7, 11) is 1.99. The van der Waals surface area contributed by atoms with Gasteiger partial charge in [0.25, 0.3) is 0 Å². The van der Waals surface area contributed by atoms with Gasteiger partial charge in [0.1, 0.15) is 0 Å². The summed E-state index contributed by atoms with van der Waals surface area (Å²) < 4.78 is 5.35. The Morgan fingerprint density at radius 1 is 1.19 bits per heavy atom. The standard InChI is InChI=1S/C13H20N2O/c1-11(14-2)12-3-5-13(6-4-12)15-7-9-16-10-8-15/h3-6,11,14H,7-10H2,1-2H3. The Hall–Kier alpha value is -1.06. The van der Waals surface area contributed by atoms with Crippen LogP contribution in [0.4, 0.5) is 5.69 Å². The molecule has 88 valence electrons. The summed E-state index contributed by atoms with van der Waals surface area (Å²) >= 11 is 0. The highest BCUT2D eigenvalue weighted by Crippen LogP contribution is 2.19. The van der Waals surface area contributed by atoms with Crippen molar-refractivity contribution in [1.29, 1.82) is 0 Å². The van der Waals surface area contributed by atoms with Crippen molar-refractivity contribution in [3.05, 3.63) is 29.8 Å². The molecule has 0 saturated carbocycles. The summed E-state index contributed by atoms with van der Waals surface area (Å²) in [5.41, 5.74) is 2.63. The van der Waals surface area contributed by atoms with E-state index in [1.165, 1.54) is 11.3 Å². The molecule has 0 amide bonds. The van der Waals surface area contributed by atoms with Crippen molar-refractivity contribution in [2.75, 3.05) is 38.3 Å². The second-order valence-electron chi connectivity index (χ2n) is 4.20. The van der Waals surface area contributed by atoms with Gasteiger partial charge < -0.3 is 15.0 Å². The van der Waals surface area contributed by atoms with Crippen LogP contribution in [0.15, 0.2) is 24.3 Å². The molecule has 1 fully saturated rings. The van der Waals surface area contributed by atoms with Crippen LogP contribution in [0.5, 0.6) is 0 Å². The number of anilines is 1. The van der Waals surface area contributed by atoms with Gasteiger partial charge in [-0.25, -0.2) is 0 Å². The molecule has 1 saturated heterocycles. The monoisotopic (exact) mass is 220 g/mol. The van der Waals surface area contributed by atoms with E-state index in [1.54, 1.807) is 0 Å². The summed E-state index contributed by atoms with van der Waals surface area (Å²) in [6.45, 7) is 5.86. The van der Waals surface area contributed by atoms with Crippen molar-refractivity contribution in [3.8, 4) is 0 Å². The molecular formula is C13H20N2O. The summed E-state index contributed by atoms with van der Waals surface area (Å²) in [6, 6.07) is 9.22. The van der Waals surface area contributed by atoms with E-state index in [2.05, 4.69) is 41.4 Å². The Morgan fingerprint density at radius 3 is 2.38 bits per heavy atom. The number of benzene rings is 1. The minimum atomic E-state index is 0.415. The number of nitrogens with zero attached hydrogens (tertiary/aromatic N) is 1. The van der Waals surface area contributed by atoms with E-state index in [0.717, 1.165) is 26.3 Å². The normalized spacial score (nSPS) is 18.5. The zero-order valence-electron chi connectivity index (χ0n) is 10.1. The van der Waals surface area contributed by atoms with Gasteiger partial charge in [0.05, 0.1) is 13.2 Å². The van der Waals surface area contributed by atoms with Crippen LogP contribution >= 0.6 is 0 Å². The highest BCUT2D eigenvalue weighted by Gasteiger charge is 2.11. The highest BCUT2D eigenvalue weighted by molar-refractivity contribution is 5.48. The van der Waals surface area contributed by atoms with Gasteiger partial charge in [-0.3, -0.25) is 0 Å². The SMILES string of the molecule is CNC(C)c1ccc(N2CCOCC2)cc1. The number of hydrogen-bond donors (Lipinski definition) is 1. The van der Waals surface area contributed by atoms with Crippen molar-refractivity contribution >= 4 is 5.69 Å². The second kappa shape index (κ2) is 5.32. The number of hydrogen-bond acceptors (Lipinski definition) is 3. The molecule has 0 aromatic heterocycles. The van der Waals surface area contributed by atoms with Crippen molar-refractivity contribution in [2.24, 2.45) is 0 Å². The number of nitrogens with one attached hydrogen (secondary N) is 1. The lowest BCUT2D eigenvalue weighted by Gasteiger charge is -2.29. The zero-order chi connectivity index (χ0) is 11.4. The lowest BCUT2D eigenvalue weighted by Crippen LogP contribution is -2.36. The minimum Gasteiger partial charge on any atom is -0.378 e. The third-order valence-electron chi connectivity index (χ3n) is 3.20. The van der Waals surface area contributed by atoms with Gasteiger partial charge in [-0.2, -0.15) is 0 Å². The second-order valence-corrected chi connectivity index (χ2v) is 4.20. The van der Waals surface area contributed by atoms with Crippen molar-refractivity contribution in [3.63, 3.8) is 0 Å². The van der Waals surface area contributed by atoms with Crippen LogP contribution in [0.3, 0.4) is 0 Å². The van der Waals surface area contributed by atoms with Gasteiger partial charge in [-0.05, 0) is 31.7 Å². The summed E-state index contributed by atoms with van der Waals surface area (Å²) in [5, 5.41) is 3.25. The predicted octanol–water partition coefficient (Wildman–Crippen LogP) is 1.80. The number of ether oxygens (including phenoxy) is 1. The van der Waals surface area contributed by atoms with Crippen molar-refractivity contribution < 1.29 is 4.74 Å². The molecule has 1 N–H and O–H groups in total. The molecule has 1 aliphatic rings. The largest absolute Gasteiger partial charge is 0.378 e. The van der Waals surface area contributed by atoms with Crippen LogP contribution in [0, 0.1) is 0 Å². The molecule has 0 radical (unpaired) electrons. The van der Waals surface area contributed by atoms with E-state index in [1.807, 2.05) is 7.05 Å². The van der Waals surface area contributed by atoms with E-state index < -0.39 is 0 Å². The molecule has 1 aromatic rings. The highest BCUT2D eigenvalue weighted by atomic mass is 16.5. The number of rotatable bonds is 3. The molecule has 3 nitrogen and oxygen atoms in total. The molecule has 0 bridgehead atoms. The van der Waals surface area contributed by atoms with Crippen molar-refractivity contribution in [1.82, 2.24) is 5.32 Å². The summed E-state index contributed by atoms with van der Waals surface area (Å²) in [4.78, 5) is 2.37. The van der Waals surface area contributed by atoms with Crippen LogP contribution in [0.2, 0.25) is 0 Å². The average Bonchev–Trinajstić information content (AvgIpc) is 2.39. The lowest BCUT2D eigenvalue weighted by atomic mass is 10.1. The fourth-order valence-corrected chi connectivity index (χ4v) is 1.96. The minimum absolute atomic E-state index is 0.415. The maximum absolute atomic E-state index is 5.35. The molecule has 0 spiro atoms.